The molecule has 0 spiro atoms. The van der Waals surface area contributed by atoms with E-state index in [-0.39, 0.29) is 6.79 Å². The zero-order valence-electron chi connectivity index (χ0n) is 17.6. The molecule has 8 heteroatoms. The fourth-order valence-electron chi connectivity index (χ4n) is 4.09. The smallest absolute Gasteiger partial charge is 0.192 e. The Morgan fingerprint density at radius 1 is 1.17 bits per heavy atom. The van der Waals surface area contributed by atoms with E-state index >= 15 is 4.39 Å². The van der Waals surface area contributed by atoms with Gasteiger partial charge in [0.1, 0.15) is 24.6 Å². The molecule has 0 radical (unpaired) electrons. The summed E-state index contributed by atoms with van der Waals surface area (Å²) in [6.07, 6.45) is -6.13. The average molecular weight is 429 g/mol. The molecule has 1 aliphatic carbocycles. The first-order chi connectivity index (χ1) is 13.7. The van der Waals surface area contributed by atoms with Crippen LogP contribution in [0.2, 0.25) is 25.7 Å². The molecule has 3 rings (SSSR count). The summed E-state index contributed by atoms with van der Waals surface area (Å²) in [4.78, 5) is 0. The van der Waals surface area contributed by atoms with Crippen molar-refractivity contribution in [2.24, 2.45) is 0 Å². The van der Waals surface area contributed by atoms with E-state index in [1.165, 1.54) is 0 Å². The second kappa shape index (κ2) is 9.09. The van der Waals surface area contributed by atoms with Gasteiger partial charge in [-0.15, -0.1) is 0 Å². The van der Waals surface area contributed by atoms with Crippen molar-refractivity contribution in [3.05, 3.63) is 35.9 Å². The van der Waals surface area contributed by atoms with Gasteiger partial charge in [-0.05, 0) is 18.5 Å². The Bertz CT molecular complexity index is 656. The predicted octanol–water partition coefficient (Wildman–Crippen LogP) is 2.67. The highest BCUT2D eigenvalue weighted by Crippen LogP contribution is 2.55. The summed E-state index contributed by atoms with van der Waals surface area (Å²) in [6, 6.07) is 9.92. The number of aliphatic hydroxyl groups is 2. The lowest BCUT2D eigenvalue weighted by Crippen LogP contribution is -2.80. The van der Waals surface area contributed by atoms with Gasteiger partial charge >= 0.3 is 0 Å². The number of aliphatic hydroxyl groups excluding tert-OH is 1. The highest BCUT2D eigenvalue weighted by atomic mass is 28.3. The number of ether oxygens (including phenoxy) is 4. The van der Waals surface area contributed by atoms with Crippen molar-refractivity contribution in [2.45, 2.75) is 74.9 Å². The maximum atomic E-state index is 15.4. The molecule has 1 heterocycles. The van der Waals surface area contributed by atoms with E-state index in [4.69, 9.17) is 18.9 Å². The van der Waals surface area contributed by atoms with Gasteiger partial charge in [-0.2, -0.15) is 0 Å². The number of hydrogen-bond donors (Lipinski definition) is 2. The van der Waals surface area contributed by atoms with Crippen LogP contribution in [0.15, 0.2) is 30.3 Å². The van der Waals surface area contributed by atoms with Crippen molar-refractivity contribution in [2.75, 3.05) is 20.0 Å². The molecule has 0 bridgehead atoms. The van der Waals surface area contributed by atoms with Crippen molar-refractivity contribution in [1.29, 1.82) is 0 Å². The minimum absolute atomic E-state index is 0.157. The number of rotatable bonds is 9. The van der Waals surface area contributed by atoms with Crippen LogP contribution in [0.3, 0.4) is 0 Å². The van der Waals surface area contributed by atoms with Gasteiger partial charge in [0.25, 0.3) is 0 Å². The molecule has 164 valence electrons. The molecular weight excluding hydrogens is 395 g/mol. The number of alkyl halides is 1. The van der Waals surface area contributed by atoms with Gasteiger partial charge in [0.15, 0.2) is 12.5 Å². The van der Waals surface area contributed by atoms with Crippen LogP contribution in [0.1, 0.15) is 18.4 Å². The summed E-state index contributed by atoms with van der Waals surface area (Å²) in [5.74, 6) is -0.721. The summed E-state index contributed by atoms with van der Waals surface area (Å²) in [5.41, 5.74) is -1.01. The van der Waals surface area contributed by atoms with Gasteiger partial charge in [0.2, 0.25) is 0 Å². The molecule has 1 saturated heterocycles. The molecule has 6 nitrogen and oxygen atoms in total. The van der Waals surface area contributed by atoms with Crippen LogP contribution in [-0.4, -0.2) is 74.7 Å². The zero-order valence-corrected chi connectivity index (χ0v) is 18.6. The van der Waals surface area contributed by atoms with E-state index in [9.17, 15) is 10.2 Å². The van der Waals surface area contributed by atoms with Crippen molar-refractivity contribution >= 4 is 8.07 Å². The fourth-order valence-corrected chi connectivity index (χ4v) is 4.82. The van der Waals surface area contributed by atoms with Crippen LogP contribution in [0.5, 0.6) is 0 Å². The molecule has 1 saturated carbocycles. The minimum Gasteiger partial charge on any atom is -0.390 e. The Labute approximate surface area is 172 Å². The normalized spacial score (nSPS) is 37.1. The summed E-state index contributed by atoms with van der Waals surface area (Å²) < 4.78 is 37.7. The second-order valence-corrected chi connectivity index (χ2v) is 14.6. The van der Waals surface area contributed by atoms with E-state index in [0.29, 0.717) is 18.8 Å². The molecule has 1 aromatic carbocycles. The number of fused-ring (bicyclic) bond motifs is 1. The molecule has 1 aromatic rings. The molecule has 0 amide bonds. The number of hydrogen-bond acceptors (Lipinski definition) is 6. The average Bonchev–Trinajstić information content (AvgIpc) is 2.66. The Morgan fingerprint density at radius 2 is 1.86 bits per heavy atom. The monoisotopic (exact) mass is 428 g/mol. The van der Waals surface area contributed by atoms with Gasteiger partial charge in [-0.25, -0.2) is 4.39 Å². The molecule has 2 N–H and O–H groups in total. The number of benzene rings is 1. The van der Waals surface area contributed by atoms with Gasteiger partial charge < -0.3 is 29.2 Å². The Balaban J connectivity index is 1.80. The van der Waals surface area contributed by atoms with Gasteiger partial charge in [-0.1, -0.05) is 50.0 Å². The molecule has 1 aliphatic heterocycles. The summed E-state index contributed by atoms with van der Waals surface area (Å²) >= 11 is 0. The molecule has 2 fully saturated rings. The molecule has 2 unspecified atom stereocenters. The highest BCUT2D eigenvalue weighted by molar-refractivity contribution is 6.76. The highest BCUT2D eigenvalue weighted by Gasteiger charge is 2.72. The predicted molar refractivity (Wildman–Crippen MR) is 109 cm³/mol. The standard InChI is InChI=1S/C21H33FO6Si/c1-5-25-13-27-18-16(22)20(26-11-12-29(2,3)4)28-19-17(23)15(21(18,19)24)14-9-7-6-8-10-14/h6-10,15-20,23-24H,5,11-13H2,1-4H3/t15?,16-,17?,18-,19-,20-,21+/m1/s1. The first-order valence-electron chi connectivity index (χ1n) is 10.3. The van der Waals surface area contributed by atoms with Crippen molar-refractivity contribution in [1.82, 2.24) is 0 Å². The lowest BCUT2D eigenvalue weighted by atomic mass is 9.57. The van der Waals surface area contributed by atoms with E-state index in [0.717, 1.165) is 6.04 Å². The van der Waals surface area contributed by atoms with Gasteiger partial charge in [0, 0.05) is 27.2 Å². The first-order valence-corrected chi connectivity index (χ1v) is 14.0. The van der Waals surface area contributed by atoms with Crippen LogP contribution < -0.4 is 0 Å². The quantitative estimate of drug-likeness (QED) is 0.358. The maximum absolute atomic E-state index is 15.4. The molecule has 7 atom stereocenters. The number of halogens is 1. The third kappa shape index (κ3) is 4.58. The molecular formula is C21H33FO6Si. The molecule has 2 aliphatic rings. The largest absolute Gasteiger partial charge is 0.390 e. The van der Waals surface area contributed by atoms with E-state index < -0.39 is 50.4 Å². The first kappa shape index (κ1) is 22.8. The molecule has 29 heavy (non-hydrogen) atoms. The van der Waals surface area contributed by atoms with E-state index in [1.54, 1.807) is 19.1 Å². The van der Waals surface area contributed by atoms with Gasteiger partial charge in [0.05, 0.1) is 6.10 Å². The topological polar surface area (TPSA) is 77.4 Å². The Kier molecular flexibility index (Phi) is 7.15. The van der Waals surface area contributed by atoms with Crippen molar-refractivity contribution in [3.63, 3.8) is 0 Å². The maximum Gasteiger partial charge on any atom is 0.192 e. The van der Waals surface area contributed by atoms with Crippen molar-refractivity contribution < 1.29 is 33.6 Å². The Morgan fingerprint density at radius 3 is 2.48 bits per heavy atom. The van der Waals surface area contributed by atoms with Crippen LogP contribution in [0.25, 0.3) is 0 Å². The van der Waals surface area contributed by atoms with Crippen LogP contribution >= 0.6 is 0 Å². The zero-order chi connectivity index (χ0) is 21.2. The Hall–Kier alpha value is -0.873. The van der Waals surface area contributed by atoms with E-state index in [1.807, 2.05) is 18.2 Å². The van der Waals surface area contributed by atoms with Crippen LogP contribution in [-0.2, 0) is 18.9 Å². The fraction of sp³-hybridized carbons (Fsp3) is 0.714. The van der Waals surface area contributed by atoms with Gasteiger partial charge in [-0.3, -0.25) is 0 Å². The molecule has 0 aromatic heterocycles. The third-order valence-electron chi connectivity index (χ3n) is 5.72. The van der Waals surface area contributed by atoms with Crippen molar-refractivity contribution in [3.8, 4) is 0 Å². The summed E-state index contributed by atoms with van der Waals surface area (Å²) in [6.45, 7) is 9.04. The lowest BCUT2D eigenvalue weighted by Gasteiger charge is -2.62. The third-order valence-corrected chi connectivity index (χ3v) is 7.42. The lowest BCUT2D eigenvalue weighted by molar-refractivity contribution is -0.388. The minimum atomic E-state index is -1.71. The SMILES string of the molecule is CCOCO[C@@H]1[C@@H](F)[C@H](OCC[Si](C)(C)C)O[C@@H]2C(O)C(c3ccccc3)[C@@]21O. The van der Waals surface area contributed by atoms with Crippen LogP contribution in [0, 0.1) is 0 Å². The summed E-state index contributed by atoms with van der Waals surface area (Å²) in [5, 5.41) is 22.2. The summed E-state index contributed by atoms with van der Waals surface area (Å²) in [7, 11) is -1.36. The second-order valence-electron chi connectivity index (χ2n) is 9.02. The van der Waals surface area contributed by atoms with E-state index in [2.05, 4.69) is 19.6 Å². The van der Waals surface area contributed by atoms with Crippen LogP contribution in [0.4, 0.5) is 4.39 Å².